The molecule has 0 bridgehead atoms. The maximum absolute atomic E-state index is 11.7. The number of hydrogen-bond donors (Lipinski definition) is 2. The van der Waals surface area contributed by atoms with Crippen molar-refractivity contribution in [2.45, 2.75) is 37.7 Å². The second-order valence-electron chi connectivity index (χ2n) is 5.34. The fourth-order valence-electron chi connectivity index (χ4n) is 2.20. The second kappa shape index (κ2) is 5.69. The number of aliphatic hydroxyl groups is 1. The highest BCUT2D eigenvalue weighted by Gasteiger charge is 2.34. The number of nitrogens with zero attached hydrogens (tertiary/aromatic N) is 2. The van der Waals surface area contributed by atoms with Crippen LogP contribution in [0.2, 0.25) is 0 Å². The second-order valence-corrected chi connectivity index (χ2v) is 5.34. The predicted molar refractivity (Wildman–Crippen MR) is 72.1 cm³/mol. The molecule has 2 N–H and O–H groups in total. The lowest BCUT2D eigenvalue weighted by Gasteiger charge is -2.36. The summed E-state index contributed by atoms with van der Waals surface area (Å²) >= 11 is 0. The Hall–Kier alpha value is -2.15. The van der Waals surface area contributed by atoms with E-state index in [1.165, 1.54) is 6.26 Å². The van der Waals surface area contributed by atoms with E-state index in [1.807, 2.05) is 0 Å². The third-order valence-electron chi connectivity index (χ3n) is 3.67. The zero-order chi connectivity index (χ0) is 14.7. The normalized spacial score (nSPS) is 16.4. The van der Waals surface area contributed by atoms with Gasteiger partial charge in [-0.3, -0.25) is 4.79 Å². The highest BCUT2D eigenvalue weighted by atomic mass is 16.5. The minimum atomic E-state index is -0.702. The number of aryl methyl sites for hydroxylation is 1. The number of furan rings is 1. The monoisotopic (exact) mass is 291 g/mol. The Kier molecular flexibility index (Phi) is 3.74. The molecule has 3 rings (SSSR count). The molecule has 112 valence electrons. The summed E-state index contributed by atoms with van der Waals surface area (Å²) in [5, 5.41) is 16.4. The number of carbonyl (C=O) groups excluding carboxylic acids is 1. The van der Waals surface area contributed by atoms with Crippen molar-refractivity contribution < 1.29 is 18.8 Å². The van der Waals surface area contributed by atoms with Crippen molar-refractivity contribution in [3.8, 4) is 11.6 Å². The van der Waals surface area contributed by atoms with Crippen molar-refractivity contribution in [3.63, 3.8) is 0 Å². The van der Waals surface area contributed by atoms with Crippen LogP contribution < -0.4 is 5.32 Å². The summed E-state index contributed by atoms with van der Waals surface area (Å²) in [5.74, 6) is 1.16. The molecule has 7 heteroatoms. The van der Waals surface area contributed by atoms with Crippen molar-refractivity contribution in [2.75, 3.05) is 6.54 Å². The largest absolute Gasteiger partial charge is 0.461 e. The maximum atomic E-state index is 11.7. The molecule has 0 aliphatic heterocycles. The average molecular weight is 291 g/mol. The van der Waals surface area contributed by atoms with Crippen LogP contribution in [0, 0.1) is 0 Å². The van der Waals surface area contributed by atoms with E-state index < -0.39 is 5.60 Å². The fraction of sp³-hybridized carbons (Fsp3) is 0.500. The zero-order valence-corrected chi connectivity index (χ0v) is 11.5. The lowest BCUT2D eigenvalue weighted by Crippen LogP contribution is -2.47. The zero-order valence-electron chi connectivity index (χ0n) is 11.5. The van der Waals surface area contributed by atoms with Gasteiger partial charge in [0, 0.05) is 19.4 Å². The Labute approximate surface area is 121 Å². The highest BCUT2D eigenvalue weighted by molar-refractivity contribution is 5.76. The molecule has 0 atom stereocenters. The van der Waals surface area contributed by atoms with E-state index in [-0.39, 0.29) is 12.3 Å². The van der Waals surface area contributed by atoms with Gasteiger partial charge in [0.25, 0.3) is 0 Å². The van der Waals surface area contributed by atoms with Crippen molar-refractivity contribution in [3.05, 3.63) is 24.3 Å². The summed E-state index contributed by atoms with van der Waals surface area (Å²) in [4.78, 5) is 15.9. The van der Waals surface area contributed by atoms with Crippen LogP contribution in [-0.4, -0.2) is 33.3 Å². The molecule has 1 fully saturated rings. The Morgan fingerprint density at radius 2 is 2.33 bits per heavy atom. The van der Waals surface area contributed by atoms with Crippen molar-refractivity contribution >= 4 is 5.91 Å². The van der Waals surface area contributed by atoms with E-state index in [9.17, 15) is 9.90 Å². The van der Waals surface area contributed by atoms with Gasteiger partial charge in [-0.25, -0.2) is 0 Å². The Bertz CT molecular complexity index is 602. The van der Waals surface area contributed by atoms with Crippen LogP contribution in [0.1, 0.15) is 31.6 Å². The lowest BCUT2D eigenvalue weighted by molar-refractivity contribution is -0.123. The molecule has 0 saturated heterocycles. The third kappa shape index (κ3) is 3.30. The van der Waals surface area contributed by atoms with Crippen LogP contribution >= 0.6 is 0 Å². The SMILES string of the molecule is O=C(CCc1nc(-c2ccco2)no1)NCC1(O)CCC1. The molecule has 0 radical (unpaired) electrons. The number of hydrogen-bond acceptors (Lipinski definition) is 6. The smallest absolute Gasteiger partial charge is 0.238 e. The van der Waals surface area contributed by atoms with Gasteiger partial charge in [0.15, 0.2) is 5.76 Å². The van der Waals surface area contributed by atoms with Crippen molar-refractivity contribution in [1.82, 2.24) is 15.5 Å². The summed E-state index contributed by atoms with van der Waals surface area (Å²) in [6.07, 6.45) is 4.66. The van der Waals surface area contributed by atoms with E-state index in [0.717, 1.165) is 19.3 Å². The van der Waals surface area contributed by atoms with Gasteiger partial charge in [-0.2, -0.15) is 4.98 Å². The molecule has 0 aromatic carbocycles. The van der Waals surface area contributed by atoms with Gasteiger partial charge in [-0.15, -0.1) is 0 Å². The molecule has 1 saturated carbocycles. The summed E-state index contributed by atoms with van der Waals surface area (Å²) in [7, 11) is 0. The van der Waals surface area contributed by atoms with Gasteiger partial charge < -0.3 is 19.4 Å². The lowest BCUT2D eigenvalue weighted by atomic mass is 9.80. The number of carbonyl (C=O) groups is 1. The summed E-state index contributed by atoms with van der Waals surface area (Å²) in [6, 6.07) is 3.48. The Morgan fingerprint density at radius 3 is 3.00 bits per heavy atom. The molecular weight excluding hydrogens is 274 g/mol. The van der Waals surface area contributed by atoms with Crippen LogP contribution in [0.4, 0.5) is 0 Å². The first-order valence-electron chi connectivity index (χ1n) is 7.00. The first kappa shape index (κ1) is 13.8. The number of nitrogens with one attached hydrogen (secondary N) is 1. The third-order valence-corrected chi connectivity index (χ3v) is 3.67. The van der Waals surface area contributed by atoms with E-state index in [0.29, 0.717) is 30.4 Å². The Morgan fingerprint density at radius 1 is 1.48 bits per heavy atom. The highest BCUT2D eigenvalue weighted by Crippen LogP contribution is 2.30. The molecular formula is C14H17N3O4. The standard InChI is InChI=1S/C14H17N3O4/c18-11(15-9-14(19)6-2-7-14)4-5-12-16-13(17-21-12)10-3-1-8-20-10/h1,3,8,19H,2,4-7,9H2,(H,15,18). The quantitative estimate of drug-likeness (QED) is 0.831. The van der Waals surface area contributed by atoms with Gasteiger partial charge in [0.1, 0.15) is 0 Å². The molecule has 0 spiro atoms. The Balaban J connectivity index is 1.45. The van der Waals surface area contributed by atoms with Crippen molar-refractivity contribution in [1.29, 1.82) is 0 Å². The first-order chi connectivity index (χ1) is 10.1. The minimum absolute atomic E-state index is 0.131. The van der Waals surface area contributed by atoms with E-state index in [4.69, 9.17) is 8.94 Å². The molecule has 1 aliphatic carbocycles. The van der Waals surface area contributed by atoms with Gasteiger partial charge >= 0.3 is 0 Å². The van der Waals surface area contributed by atoms with Gasteiger partial charge in [0.05, 0.1) is 11.9 Å². The molecule has 2 aromatic heterocycles. The average Bonchev–Trinajstić information content (AvgIpc) is 3.10. The van der Waals surface area contributed by atoms with Crippen LogP contribution in [0.5, 0.6) is 0 Å². The van der Waals surface area contributed by atoms with E-state index >= 15 is 0 Å². The maximum Gasteiger partial charge on any atom is 0.238 e. The number of rotatable bonds is 6. The summed E-state index contributed by atoms with van der Waals surface area (Å²) in [6.45, 7) is 0.313. The van der Waals surface area contributed by atoms with Crippen LogP contribution in [-0.2, 0) is 11.2 Å². The fourth-order valence-corrected chi connectivity index (χ4v) is 2.20. The molecule has 2 aromatic rings. The minimum Gasteiger partial charge on any atom is -0.461 e. The predicted octanol–water partition coefficient (Wildman–Crippen LogP) is 1.29. The van der Waals surface area contributed by atoms with Gasteiger partial charge in [-0.1, -0.05) is 5.16 Å². The molecule has 21 heavy (non-hydrogen) atoms. The van der Waals surface area contributed by atoms with Crippen LogP contribution in [0.3, 0.4) is 0 Å². The van der Waals surface area contributed by atoms with E-state index in [1.54, 1.807) is 12.1 Å². The van der Waals surface area contributed by atoms with Crippen LogP contribution in [0.15, 0.2) is 27.3 Å². The first-order valence-corrected chi connectivity index (χ1v) is 7.00. The molecule has 1 amide bonds. The molecule has 7 nitrogen and oxygen atoms in total. The number of aromatic nitrogens is 2. The molecule has 2 heterocycles. The topological polar surface area (TPSA) is 101 Å². The van der Waals surface area contributed by atoms with Gasteiger partial charge in [-0.05, 0) is 31.4 Å². The van der Waals surface area contributed by atoms with E-state index in [2.05, 4.69) is 15.5 Å². The van der Waals surface area contributed by atoms with Gasteiger partial charge in [0.2, 0.25) is 17.6 Å². The molecule has 1 aliphatic rings. The summed E-state index contributed by atoms with van der Waals surface area (Å²) in [5.41, 5.74) is -0.702. The molecule has 0 unspecified atom stereocenters. The summed E-state index contributed by atoms with van der Waals surface area (Å²) < 4.78 is 10.2. The number of amides is 1. The van der Waals surface area contributed by atoms with Crippen LogP contribution in [0.25, 0.3) is 11.6 Å². The van der Waals surface area contributed by atoms with Crippen molar-refractivity contribution in [2.24, 2.45) is 0 Å².